The minimum absolute atomic E-state index is 0.162. The minimum atomic E-state index is -0.927. The molecule has 0 saturated carbocycles. The zero-order valence-electron chi connectivity index (χ0n) is 11.7. The maximum Gasteiger partial charge on any atom is 0.269 e. The number of hydrogen-bond acceptors (Lipinski definition) is 2. The zero-order chi connectivity index (χ0) is 14.9. The summed E-state index contributed by atoms with van der Waals surface area (Å²) in [5.41, 5.74) is 1.27. The van der Waals surface area contributed by atoms with Gasteiger partial charge in [0, 0.05) is 17.7 Å². The maximum atomic E-state index is 13.3. The summed E-state index contributed by atoms with van der Waals surface area (Å²) in [5.74, 6) is -1.57. The lowest BCUT2D eigenvalue weighted by Gasteiger charge is -2.11. The van der Waals surface area contributed by atoms with Crippen LogP contribution >= 0.6 is 0 Å². The Kier molecular flexibility index (Phi) is 3.97. The lowest BCUT2D eigenvalue weighted by atomic mass is 10.1. The smallest absolute Gasteiger partial charge is 0.268 e. The highest BCUT2D eigenvalue weighted by molar-refractivity contribution is 5.59. The second-order valence-electron chi connectivity index (χ2n) is 5.22. The van der Waals surface area contributed by atoms with Crippen molar-refractivity contribution in [1.29, 1.82) is 0 Å². The van der Waals surface area contributed by atoms with Gasteiger partial charge in [0.05, 0.1) is 5.69 Å². The third kappa shape index (κ3) is 2.92. The van der Waals surface area contributed by atoms with Gasteiger partial charge in [0.25, 0.3) is 5.56 Å². The molecule has 5 heteroatoms. The molecule has 2 aromatic rings. The molecule has 0 fully saturated rings. The van der Waals surface area contributed by atoms with Gasteiger partial charge in [0.1, 0.15) is 0 Å². The number of halogens is 2. The van der Waals surface area contributed by atoms with E-state index in [0.29, 0.717) is 23.4 Å². The van der Waals surface area contributed by atoms with Crippen molar-refractivity contribution in [2.45, 2.75) is 27.3 Å². The fourth-order valence-electron chi connectivity index (χ4n) is 1.94. The molecule has 106 valence electrons. The number of aryl methyl sites for hydroxylation is 1. The van der Waals surface area contributed by atoms with Crippen LogP contribution in [0.25, 0.3) is 11.3 Å². The van der Waals surface area contributed by atoms with E-state index in [1.165, 1.54) is 10.7 Å². The highest BCUT2D eigenvalue weighted by Crippen LogP contribution is 2.19. The minimum Gasteiger partial charge on any atom is -0.268 e. The fourth-order valence-corrected chi connectivity index (χ4v) is 1.94. The van der Waals surface area contributed by atoms with Gasteiger partial charge in [0.2, 0.25) is 0 Å². The van der Waals surface area contributed by atoms with Gasteiger partial charge in [-0.2, -0.15) is 5.10 Å². The summed E-state index contributed by atoms with van der Waals surface area (Å²) >= 11 is 0. The summed E-state index contributed by atoms with van der Waals surface area (Å²) < 4.78 is 27.6. The Morgan fingerprint density at radius 2 is 1.90 bits per heavy atom. The molecule has 1 aromatic carbocycles. The van der Waals surface area contributed by atoms with Crippen LogP contribution in [0.1, 0.15) is 19.4 Å². The Balaban J connectivity index is 2.54. The zero-order valence-corrected chi connectivity index (χ0v) is 11.7. The first-order valence-electron chi connectivity index (χ1n) is 6.42. The topological polar surface area (TPSA) is 34.9 Å². The lowest BCUT2D eigenvalue weighted by molar-refractivity contribution is 0.463. The Labute approximate surface area is 115 Å². The molecule has 0 aliphatic carbocycles. The van der Waals surface area contributed by atoms with E-state index in [2.05, 4.69) is 5.10 Å². The monoisotopic (exact) mass is 278 g/mol. The van der Waals surface area contributed by atoms with Crippen LogP contribution in [-0.4, -0.2) is 9.78 Å². The molecule has 2 rings (SSSR count). The number of hydrogen-bond donors (Lipinski definition) is 0. The van der Waals surface area contributed by atoms with Gasteiger partial charge < -0.3 is 0 Å². The third-order valence-corrected chi connectivity index (χ3v) is 2.91. The molecule has 0 radical (unpaired) electrons. The van der Waals surface area contributed by atoms with E-state index in [1.54, 1.807) is 13.0 Å². The predicted molar refractivity (Wildman–Crippen MR) is 73.4 cm³/mol. The molecular formula is C15H16F2N2O. The lowest BCUT2D eigenvalue weighted by Crippen LogP contribution is -2.27. The van der Waals surface area contributed by atoms with Crippen molar-refractivity contribution < 1.29 is 8.78 Å². The average molecular weight is 278 g/mol. The van der Waals surface area contributed by atoms with E-state index in [-0.39, 0.29) is 11.5 Å². The van der Waals surface area contributed by atoms with Crippen LogP contribution in [0.4, 0.5) is 8.78 Å². The van der Waals surface area contributed by atoms with Crippen molar-refractivity contribution in [3.8, 4) is 11.3 Å². The molecule has 20 heavy (non-hydrogen) atoms. The number of benzene rings is 1. The SMILES string of the molecule is Cc1cc(-c2ccc(F)c(F)c2)nn(CC(C)C)c1=O. The number of aromatic nitrogens is 2. The van der Waals surface area contributed by atoms with Crippen LogP contribution in [0.2, 0.25) is 0 Å². The maximum absolute atomic E-state index is 13.3. The van der Waals surface area contributed by atoms with Crippen molar-refractivity contribution in [2.75, 3.05) is 0 Å². The number of rotatable bonds is 3. The molecule has 1 aromatic heterocycles. The van der Waals surface area contributed by atoms with E-state index in [4.69, 9.17) is 0 Å². The van der Waals surface area contributed by atoms with Crippen LogP contribution in [0.5, 0.6) is 0 Å². The summed E-state index contributed by atoms with van der Waals surface area (Å²) in [6.07, 6.45) is 0. The van der Waals surface area contributed by atoms with Crippen molar-refractivity contribution in [2.24, 2.45) is 5.92 Å². The van der Waals surface area contributed by atoms with Crippen molar-refractivity contribution in [1.82, 2.24) is 9.78 Å². The van der Waals surface area contributed by atoms with Crippen LogP contribution < -0.4 is 5.56 Å². The molecule has 1 heterocycles. The standard InChI is InChI=1S/C15H16F2N2O/c1-9(2)8-19-15(20)10(3)6-14(18-19)11-4-5-12(16)13(17)7-11/h4-7,9H,8H2,1-3H3. The quantitative estimate of drug-likeness (QED) is 0.864. The van der Waals surface area contributed by atoms with Gasteiger partial charge in [-0.1, -0.05) is 13.8 Å². The van der Waals surface area contributed by atoms with Crippen LogP contribution in [0.15, 0.2) is 29.1 Å². The Morgan fingerprint density at radius 1 is 1.20 bits per heavy atom. The highest BCUT2D eigenvalue weighted by atomic mass is 19.2. The van der Waals surface area contributed by atoms with Gasteiger partial charge in [-0.15, -0.1) is 0 Å². The molecule has 0 spiro atoms. The molecule has 3 nitrogen and oxygen atoms in total. The molecule has 0 bridgehead atoms. The first-order valence-corrected chi connectivity index (χ1v) is 6.42. The molecular weight excluding hydrogens is 262 g/mol. The van der Waals surface area contributed by atoms with Crippen LogP contribution in [-0.2, 0) is 6.54 Å². The molecule has 0 saturated heterocycles. The fraction of sp³-hybridized carbons (Fsp3) is 0.333. The molecule has 0 amide bonds. The first kappa shape index (κ1) is 14.4. The summed E-state index contributed by atoms with van der Waals surface area (Å²) in [6, 6.07) is 5.18. The van der Waals surface area contributed by atoms with Gasteiger partial charge in [-0.05, 0) is 37.1 Å². The summed E-state index contributed by atoms with van der Waals surface area (Å²) in [5, 5.41) is 4.23. The van der Waals surface area contributed by atoms with E-state index in [9.17, 15) is 13.6 Å². The Bertz CT molecular complexity index is 693. The van der Waals surface area contributed by atoms with Gasteiger partial charge in [0.15, 0.2) is 11.6 Å². The van der Waals surface area contributed by atoms with Crippen molar-refractivity contribution >= 4 is 0 Å². The normalized spacial score (nSPS) is 11.1. The average Bonchev–Trinajstić information content (AvgIpc) is 2.37. The molecule has 0 atom stereocenters. The summed E-state index contributed by atoms with van der Waals surface area (Å²) in [4.78, 5) is 12.0. The van der Waals surface area contributed by atoms with E-state index >= 15 is 0 Å². The van der Waals surface area contributed by atoms with E-state index < -0.39 is 11.6 Å². The molecule has 0 N–H and O–H groups in total. The molecule has 0 aliphatic heterocycles. The summed E-state index contributed by atoms with van der Waals surface area (Å²) in [6.45, 7) is 6.13. The van der Waals surface area contributed by atoms with E-state index in [1.807, 2.05) is 13.8 Å². The van der Waals surface area contributed by atoms with Crippen LogP contribution in [0.3, 0.4) is 0 Å². The summed E-state index contributed by atoms with van der Waals surface area (Å²) in [7, 11) is 0. The van der Waals surface area contributed by atoms with Gasteiger partial charge >= 0.3 is 0 Å². The Hall–Kier alpha value is -2.04. The number of nitrogens with zero attached hydrogens (tertiary/aromatic N) is 2. The van der Waals surface area contributed by atoms with Gasteiger partial charge in [-0.25, -0.2) is 13.5 Å². The van der Waals surface area contributed by atoms with E-state index in [0.717, 1.165) is 12.1 Å². The highest BCUT2D eigenvalue weighted by Gasteiger charge is 2.10. The Morgan fingerprint density at radius 3 is 2.50 bits per heavy atom. The third-order valence-electron chi connectivity index (χ3n) is 2.91. The molecule has 0 aliphatic rings. The van der Waals surface area contributed by atoms with Crippen molar-refractivity contribution in [3.05, 3.63) is 51.8 Å². The molecule has 0 unspecified atom stereocenters. The second-order valence-corrected chi connectivity index (χ2v) is 5.22. The van der Waals surface area contributed by atoms with Crippen molar-refractivity contribution in [3.63, 3.8) is 0 Å². The largest absolute Gasteiger partial charge is 0.269 e. The second kappa shape index (κ2) is 5.53. The first-order chi connectivity index (χ1) is 9.38. The predicted octanol–water partition coefficient (Wildman–Crippen LogP) is 3.15. The van der Waals surface area contributed by atoms with Gasteiger partial charge in [-0.3, -0.25) is 4.79 Å². The van der Waals surface area contributed by atoms with Crippen LogP contribution in [0, 0.1) is 24.5 Å².